The van der Waals surface area contributed by atoms with Gasteiger partial charge in [-0.1, -0.05) is 18.2 Å². The Morgan fingerprint density at radius 3 is 2.53 bits per heavy atom. The zero-order valence-corrected chi connectivity index (χ0v) is 9.96. The number of rotatable bonds is 4. The molecular weight excluding hydrogens is 229 g/mol. The van der Waals surface area contributed by atoms with Crippen LogP contribution in [0.25, 0.3) is 0 Å². The molecule has 0 fully saturated rings. The Hall–Kier alpha value is -1.07. The first-order valence-electron chi connectivity index (χ1n) is 5.41. The molecule has 0 spiro atoms. The highest BCUT2D eigenvalue weighted by molar-refractivity contribution is 5.25. The molecule has 0 aliphatic rings. The lowest BCUT2D eigenvalue weighted by Gasteiger charge is -2.23. The normalized spacial score (nSPS) is 14.1. The highest BCUT2D eigenvalue weighted by Gasteiger charge is 2.30. The summed E-state index contributed by atoms with van der Waals surface area (Å²) in [5, 5.41) is 0. The maximum Gasteiger partial charge on any atom is 0.416 e. The first-order chi connectivity index (χ1) is 7.84. The van der Waals surface area contributed by atoms with Crippen LogP contribution in [0, 0.1) is 0 Å². The van der Waals surface area contributed by atoms with Gasteiger partial charge in [-0.25, -0.2) is 0 Å². The van der Waals surface area contributed by atoms with Crippen LogP contribution in [0.4, 0.5) is 13.2 Å². The number of hydrogen-bond acceptors (Lipinski definition) is 2. The van der Waals surface area contributed by atoms with E-state index in [4.69, 9.17) is 5.73 Å². The van der Waals surface area contributed by atoms with Gasteiger partial charge < -0.3 is 5.73 Å². The Morgan fingerprint density at radius 1 is 1.35 bits per heavy atom. The van der Waals surface area contributed by atoms with Crippen molar-refractivity contribution in [1.82, 2.24) is 4.90 Å². The quantitative estimate of drug-likeness (QED) is 0.884. The Kier molecular flexibility index (Phi) is 4.54. The van der Waals surface area contributed by atoms with Crippen molar-refractivity contribution in [2.24, 2.45) is 5.73 Å². The van der Waals surface area contributed by atoms with Gasteiger partial charge in [-0.2, -0.15) is 13.2 Å². The average molecular weight is 246 g/mol. The average Bonchev–Trinajstić information content (AvgIpc) is 2.27. The highest BCUT2D eigenvalue weighted by atomic mass is 19.4. The van der Waals surface area contributed by atoms with Gasteiger partial charge >= 0.3 is 6.18 Å². The van der Waals surface area contributed by atoms with E-state index in [0.717, 1.165) is 6.07 Å². The second-order valence-corrected chi connectivity index (χ2v) is 4.20. The zero-order chi connectivity index (χ0) is 13.1. The molecule has 17 heavy (non-hydrogen) atoms. The van der Waals surface area contributed by atoms with Crippen molar-refractivity contribution in [2.45, 2.75) is 25.7 Å². The summed E-state index contributed by atoms with van der Waals surface area (Å²) in [7, 11) is 1.85. The molecular formula is C12H17F3N2. The van der Waals surface area contributed by atoms with E-state index in [2.05, 4.69) is 0 Å². The molecule has 96 valence electrons. The van der Waals surface area contributed by atoms with Crippen LogP contribution in [0.2, 0.25) is 0 Å². The number of hydrogen-bond donors (Lipinski definition) is 1. The van der Waals surface area contributed by atoms with Crippen LogP contribution in [0.1, 0.15) is 18.1 Å². The molecule has 1 aromatic carbocycles. The summed E-state index contributed by atoms with van der Waals surface area (Å²) >= 11 is 0. The molecule has 0 heterocycles. The number of alkyl halides is 3. The SMILES string of the molecule is CC(CN)N(C)Cc1cccc(C(F)(F)F)c1. The molecule has 1 unspecified atom stereocenters. The predicted octanol–water partition coefficient (Wildman–Crippen LogP) is 2.48. The molecule has 5 heteroatoms. The lowest BCUT2D eigenvalue weighted by Crippen LogP contribution is -2.34. The predicted molar refractivity (Wildman–Crippen MR) is 61.4 cm³/mol. The number of halogens is 3. The van der Waals surface area contributed by atoms with Gasteiger partial charge in [-0.05, 0) is 25.6 Å². The fourth-order valence-corrected chi connectivity index (χ4v) is 1.47. The lowest BCUT2D eigenvalue weighted by molar-refractivity contribution is -0.137. The van der Waals surface area contributed by atoms with Crippen molar-refractivity contribution in [2.75, 3.05) is 13.6 Å². The number of likely N-dealkylation sites (N-methyl/N-ethyl adjacent to an activating group) is 1. The minimum absolute atomic E-state index is 0.143. The maximum absolute atomic E-state index is 12.5. The van der Waals surface area contributed by atoms with Crippen molar-refractivity contribution in [3.05, 3.63) is 35.4 Å². The molecule has 1 aromatic rings. The van der Waals surface area contributed by atoms with Gasteiger partial charge in [0.05, 0.1) is 5.56 Å². The van der Waals surface area contributed by atoms with E-state index >= 15 is 0 Å². The third-order valence-electron chi connectivity index (χ3n) is 2.78. The first-order valence-corrected chi connectivity index (χ1v) is 5.41. The minimum atomic E-state index is -4.28. The fraction of sp³-hybridized carbons (Fsp3) is 0.500. The number of nitrogens with zero attached hydrogens (tertiary/aromatic N) is 1. The molecule has 0 amide bonds. The molecule has 2 nitrogen and oxygen atoms in total. The first kappa shape index (κ1) is 14.0. The smallest absolute Gasteiger partial charge is 0.329 e. The summed E-state index contributed by atoms with van der Waals surface area (Å²) in [6.45, 7) is 2.88. The van der Waals surface area contributed by atoms with Gasteiger partial charge in [0.25, 0.3) is 0 Å². The fourth-order valence-electron chi connectivity index (χ4n) is 1.47. The van der Waals surface area contributed by atoms with E-state index < -0.39 is 11.7 Å². The van der Waals surface area contributed by atoms with Crippen LogP contribution in [-0.2, 0) is 12.7 Å². The van der Waals surface area contributed by atoms with Crippen LogP contribution in [0.3, 0.4) is 0 Å². The van der Waals surface area contributed by atoms with Gasteiger partial charge in [-0.3, -0.25) is 4.90 Å². The summed E-state index contributed by atoms with van der Waals surface area (Å²) < 4.78 is 37.5. The molecule has 0 saturated heterocycles. The van der Waals surface area contributed by atoms with Crippen molar-refractivity contribution in [1.29, 1.82) is 0 Å². The van der Waals surface area contributed by atoms with E-state index in [0.29, 0.717) is 18.7 Å². The summed E-state index contributed by atoms with van der Waals surface area (Å²) in [5.74, 6) is 0. The molecule has 0 bridgehead atoms. The van der Waals surface area contributed by atoms with Crippen LogP contribution in [0.5, 0.6) is 0 Å². The van der Waals surface area contributed by atoms with Gasteiger partial charge in [0.2, 0.25) is 0 Å². The van der Waals surface area contributed by atoms with Gasteiger partial charge in [0.15, 0.2) is 0 Å². The Morgan fingerprint density at radius 2 is 2.00 bits per heavy atom. The van der Waals surface area contributed by atoms with Crippen LogP contribution >= 0.6 is 0 Å². The van der Waals surface area contributed by atoms with E-state index in [1.54, 1.807) is 6.07 Å². The van der Waals surface area contributed by atoms with Crippen molar-refractivity contribution in [3.63, 3.8) is 0 Å². The molecule has 1 rings (SSSR count). The van der Waals surface area contributed by atoms with Crippen LogP contribution in [-0.4, -0.2) is 24.5 Å². The van der Waals surface area contributed by atoms with Gasteiger partial charge in [-0.15, -0.1) is 0 Å². The largest absolute Gasteiger partial charge is 0.416 e. The second-order valence-electron chi connectivity index (χ2n) is 4.20. The maximum atomic E-state index is 12.5. The third kappa shape index (κ3) is 4.02. The summed E-state index contributed by atoms with van der Waals surface area (Å²) in [6.07, 6.45) is -4.28. The Bertz CT molecular complexity index is 363. The van der Waals surface area contributed by atoms with Crippen molar-refractivity contribution in [3.8, 4) is 0 Å². The van der Waals surface area contributed by atoms with Crippen LogP contribution < -0.4 is 5.73 Å². The summed E-state index contributed by atoms with van der Waals surface area (Å²) in [6, 6.07) is 5.52. The third-order valence-corrected chi connectivity index (χ3v) is 2.78. The molecule has 0 aromatic heterocycles. The molecule has 2 N–H and O–H groups in total. The highest BCUT2D eigenvalue weighted by Crippen LogP contribution is 2.29. The molecule has 0 aliphatic carbocycles. The summed E-state index contributed by atoms with van der Waals surface area (Å²) in [5.41, 5.74) is 5.54. The molecule has 0 aliphatic heterocycles. The Balaban J connectivity index is 2.79. The standard InChI is InChI=1S/C12H17F3N2/c1-9(7-16)17(2)8-10-4-3-5-11(6-10)12(13,14)15/h3-6,9H,7-8,16H2,1-2H3. The van der Waals surface area contributed by atoms with Gasteiger partial charge in [0.1, 0.15) is 0 Å². The topological polar surface area (TPSA) is 29.3 Å². The van der Waals surface area contributed by atoms with Crippen molar-refractivity contribution < 1.29 is 13.2 Å². The van der Waals surface area contributed by atoms with E-state index in [9.17, 15) is 13.2 Å². The van der Waals surface area contributed by atoms with Gasteiger partial charge in [0, 0.05) is 19.1 Å². The Labute approximate surface area is 99.2 Å². The van der Waals surface area contributed by atoms with E-state index in [1.165, 1.54) is 12.1 Å². The van der Waals surface area contributed by atoms with Crippen LogP contribution in [0.15, 0.2) is 24.3 Å². The zero-order valence-electron chi connectivity index (χ0n) is 9.96. The van der Waals surface area contributed by atoms with E-state index in [-0.39, 0.29) is 6.04 Å². The molecule has 1 atom stereocenters. The number of benzene rings is 1. The molecule has 0 radical (unpaired) electrons. The monoisotopic (exact) mass is 246 g/mol. The minimum Gasteiger partial charge on any atom is -0.329 e. The van der Waals surface area contributed by atoms with E-state index in [1.807, 2.05) is 18.9 Å². The number of nitrogens with two attached hydrogens (primary N) is 1. The van der Waals surface area contributed by atoms with Crippen molar-refractivity contribution >= 4 is 0 Å². The summed E-state index contributed by atoms with van der Waals surface area (Å²) in [4.78, 5) is 1.93. The molecule has 0 saturated carbocycles. The second kappa shape index (κ2) is 5.51. The lowest BCUT2D eigenvalue weighted by atomic mass is 10.1.